The Morgan fingerprint density at radius 1 is 1.47 bits per heavy atom. The minimum Gasteiger partial charge on any atom is -0.476 e. The summed E-state index contributed by atoms with van der Waals surface area (Å²) >= 11 is 1.26. The van der Waals surface area contributed by atoms with E-state index in [0.29, 0.717) is 5.01 Å². The molecule has 0 aliphatic heterocycles. The van der Waals surface area contributed by atoms with Crippen LogP contribution in [0.3, 0.4) is 0 Å². The second-order valence-corrected chi connectivity index (χ2v) is 5.19. The normalized spacial score (nSPS) is 12.6. The summed E-state index contributed by atoms with van der Waals surface area (Å²) < 4.78 is 13.3. The second kappa shape index (κ2) is 5.46. The van der Waals surface area contributed by atoms with E-state index in [2.05, 4.69) is 4.98 Å². The molecule has 1 N–H and O–H groups in total. The molecule has 1 atom stereocenters. The molecule has 1 unspecified atom stereocenters. The minimum absolute atomic E-state index is 0.0169. The summed E-state index contributed by atoms with van der Waals surface area (Å²) in [5, 5.41) is 11.0. The number of nitrogens with zero attached hydrogens (tertiary/aromatic N) is 2. The predicted molar refractivity (Wildman–Crippen MR) is 71.0 cm³/mol. The minimum atomic E-state index is -1.06. The molecule has 0 bridgehead atoms. The zero-order chi connectivity index (χ0) is 14.0. The lowest BCUT2D eigenvalue weighted by molar-refractivity contribution is 0.0691. The van der Waals surface area contributed by atoms with Crippen LogP contribution in [0.4, 0.5) is 4.39 Å². The van der Waals surface area contributed by atoms with Crippen LogP contribution < -0.4 is 0 Å². The largest absolute Gasteiger partial charge is 0.476 e. The van der Waals surface area contributed by atoms with Crippen molar-refractivity contribution in [3.05, 3.63) is 51.7 Å². The summed E-state index contributed by atoms with van der Waals surface area (Å²) in [4.78, 5) is 16.8. The second-order valence-electron chi connectivity index (χ2n) is 4.30. The first kappa shape index (κ1) is 13.6. The zero-order valence-corrected chi connectivity index (χ0v) is 11.3. The molecule has 19 heavy (non-hydrogen) atoms. The number of carboxylic acids is 1. The predicted octanol–water partition coefficient (Wildman–Crippen LogP) is 2.63. The molecule has 0 aliphatic rings. The summed E-state index contributed by atoms with van der Waals surface area (Å²) in [5.41, 5.74) is 0.763. The van der Waals surface area contributed by atoms with Crippen LogP contribution in [0.1, 0.15) is 27.1 Å². The van der Waals surface area contributed by atoms with E-state index in [9.17, 15) is 9.18 Å². The van der Waals surface area contributed by atoms with Gasteiger partial charge in [-0.15, -0.1) is 11.3 Å². The fourth-order valence-electron chi connectivity index (χ4n) is 1.85. The van der Waals surface area contributed by atoms with Gasteiger partial charge in [-0.25, -0.2) is 14.2 Å². The number of hydrogen-bond donors (Lipinski definition) is 1. The number of hydrogen-bond acceptors (Lipinski definition) is 4. The van der Waals surface area contributed by atoms with E-state index in [1.807, 2.05) is 19.0 Å². The molecule has 0 saturated heterocycles. The van der Waals surface area contributed by atoms with Gasteiger partial charge in [0.05, 0.1) is 6.04 Å². The van der Waals surface area contributed by atoms with Crippen LogP contribution in [-0.2, 0) is 0 Å². The molecule has 0 saturated carbocycles. The Morgan fingerprint density at radius 3 is 2.74 bits per heavy atom. The van der Waals surface area contributed by atoms with Crippen LogP contribution in [0, 0.1) is 5.82 Å². The van der Waals surface area contributed by atoms with E-state index >= 15 is 0 Å². The highest BCUT2D eigenvalue weighted by Gasteiger charge is 2.22. The van der Waals surface area contributed by atoms with Gasteiger partial charge in [0.25, 0.3) is 0 Å². The average Bonchev–Trinajstić information content (AvgIpc) is 2.78. The van der Waals surface area contributed by atoms with Crippen molar-refractivity contribution in [2.24, 2.45) is 0 Å². The molecule has 2 aromatic rings. The van der Waals surface area contributed by atoms with Gasteiger partial charge in [0.2, 0.25) is 0 Å². The molecule has 0 radical (unpaired) electrons. The summed E-state index contributed by atoms with van der Waals surface area (Å²) in [5.74, 6) is -1.38. The first-order chi connectivity index (χ1) is 8.99. The van der Waals surface area contributed by atoms with Gasteiger partial charge in [-0.1, -0.05) is 12.1 Å². The lowest BCUT2D eigenvalue weighted by Gasteiger charge is -2.22. The van der Waals surface area contributed by atoms with E-state index in [4.69, 9.17) is 5.11 Å². The SMILES string of the molecule is CN(C)C(c1cccc(F)c1)c1nc(C(=O)O)cs1. The van der Waals surface area contributed by atoms with E-state index in [1.165, 1.54) is 28.8 Å². The van der Waals surface area contributed by atoms with Crippen molar-refractivity contribution in [2.45, 2.75) is 6.04 Å². The fraction of sp³-hybridized carbons (Fsp3) is 0.231. The van der Waals surface area contributed by atoms with Crippen LogP contribution in [0.2, 0.25) is 0 Å². The first-order valence-electron chi connectivity index (χ1n) is 5.59. The smallest absolute Gasteiger partial charge is 0.355 e. The molecule has 1 heterocycles. The quantitative estimate of drug-likeness (QED) is 0.935. The molecule has 0 spiro atoms. The summed E-state index contributed by atoms with van der Waals surface area (Å²) in [7, 11) is 3.69. The maximum absolute atomic E-state index is 13.3. The molecule has 1 aromatic carbocycles. The molecule has 100 valence electrons. The third kappa shape index (κ3) is 2.97. The van der Waals surface area contributed by atoms with Gasteiger partial charge in [0, 0.05) is 5.38 Å². The number of aromatic carboxylic acids is 1. The number of thiazole rings is 1. The average molecular weight is 280 g/mol. The van der Waals surface area contributed by atoms with E-state index in [-0.39, 0.29) is 17.6 Å². The number of carbonyl (C=O) groups is 1. The van der Waals surface area contributed by atoms with Crippen molar-refractivity contribution in [1.82, 2.24) is 9.88 Å². The van der Waals surface area contributed by atoms with Gasteiger partial charge in [-0.3, -0.25) is 4.90 Å². The molecule has 0 fully saturated rings. The van der Waals surface area contributed by atoms with Crippen LogP contribution in [-0.4, -0.2) is 35.1 Å². The fourth-order valence-corrected chi connectivity index (χ4v) is 2.86. The number of benzene rings is 1. The van der Waals surface area contributed by atoms with Gasteiger partial charge >= 0.3 is 5.97 Å². The lowest BCUT2D eigenvalue weighted by atomic mass is 10.1. The Morgan fingerprint density at radius 2 is 2.21 bits per heavy atom. The highest BCUT2D eigenvalue weighted by atomic mass is 32.1. The Bertz CT molecular complexity index is 598. The molecule has 6 heteroatoms. The van der Waals surface area contributed by atoms with Crippen molar-refractivity contribution < 1.29 is 14.3 Å². The summed E-state index contributed by atoms with van der Waals surface area (Å²) in [6.07, 6.45) is 0. The van der Waals surface area contributed by atoms with Crippen molar-refractivity contribution in [3.8, 4) is 0 Å². The topological polar surface area (TPSA) is 53.4 Å². The van der Waals surface area contributed by atoms with Crippen LogP contribution in [0.15, 0.2) is 29.6 Å². The van der Waals surface area contributed by atoms with Gasteiger partial charge in [0.15, 0.2) is 5.69 Å². The zero-order valence-electron chi connectivity index (χ0n) is 10.5. The lowest BCUT2D eigenvalue weighted by Crippen LogP contribution is -2.21. The van der Waals surface area contributed by atoms with E-state index < -0.39 is 5.97 Å². The van der Waals surface area contributed by atoms with Crippen LogP contribution in [0.25, 0.3) is 0 Å². The molecule has 2 rings (SSSR count). The van der Waals surface area contributed by atoms with Crippen LogP contribution in [0.5, 0.6) is 0 Å². The Hall–Kier alpha value is -1.79. The van der Waals surface area contributed by atoms with E-state index in [0.717, 1.165) is 5.56 Å². The molecule has 0 aliphatic carbocycles. The van der Waals surface area contributed by atoms with Gasteiger partial charge < -0.3 is 5.11 Å². The number of carboxylic acid groups (broad SMARTS) is 1. The third-order valence-electron chi connectivity index (χ3n) is 2.66. The Balaban J connectivity index is 2.42. The molecular weight excluding hydrogens is 267 g/mol. The summed E-state index contributed by atoms with van der Waals surface area (Å²) in [6, 6.07) is 5.99. The number of halogens is 1. The van der Waals surface area contributed by atoms with Gasteiger partial charge in [-0.05, 0) is 31.8 Å². The van der Waals surface area contributed by atoms with Gasteiger partial charge in [-0.2, -0.15) is 0 Å². The maximum atomic E-state index is 13.3. The monoisotopic (exact) mass is 280 g/mol. The van der Waals surface area contributed by atoms with Crippen LogP contribution >= 0.6 is 11.3 Å². The van der Waals surface area contributed by atoms with Gasteiger partial charge in [0.1, 0.15) is 10.8 Å². The molecule has 1 aromatic heterocycles. The van der Waals surface area contributed by atoms with Crippen molar-refractivity contribution in [1.29, 1.82) is 0 Å². The van der Waals surface area contributed by atoms with E-state index in [1.54, 1.807) is 12.1 Å². The van der Waals surface area contributed by atoms with Crippen molar-refractivity contribution >= 4 is 17.3 Å². The molecule has 4 nitrogen and oxygen atoms in total. The first-order valence-corrected chi connectivity index (χ1v) is 6.47. The Kier molecular flexibility index (Phi) is 3.92. The van der Waals surface area contributed by atoms with Crippen molar-refractivity contribution in [2.75, 3.05) is 14.1 Å². The number of aromatic nitrogens is 1. The Labute approximate surface area is 114 Å². The standard InChI is InChI=1S/C13H13FN2O2S/c1-16(2)11(8-4-3-5-9(14)6-8)12-15-10(7-19-12)13(17)18/h3-7,11H,1-2H3,(H,17,18). The number of rotatable bonds is 4. The third-order valence-corrected chi connectivity index (χ3v) is 3.55. The maximum Gasteiger partial charge on any atom is 0.355 e. The molecule has 0 amide bonds. The highest BCUT2D eigenvalue weighted by Crippen LogP contribution is 2.29. The summed E-state index contributed by atoms with van der Waals surface area (Å²) in [6.45, 7) is 0. The van der Waals surface area contributed by atoms with Crippen molar-refractivity contribution in [3.63, 3.8) is 0 Å². The molecular formula is C13H13FN2O2S. The highest BCUT2D eigenvalue weighted by molar-refractivity contribution is 7.10.